The van der Waals surface area contributed by atoms with Crippen LogP contribution in [0.5, 0.6) is 17.2 Å². The van der Waals surface area contributed by atoms with E-state index in [0.717, 1.165) is 6.54 Å². The van der Waals surface area contributed by atoms with E-state index in [-0.39, 0.29) is 11.3 Å². The highest BCUT2D eigenvalue weighted by Gasteiger charge is 2.47. The number of ether oxygens (including phenoxy) is 3. The van der Waals surface area contributed by atoms with Crippen LogP contribution in [0.1, 0.15) is 23.6 Å². The number of benzene rings is 1. The maximum absolute atomic E-state index is 13.2. The standard InChI is InChI=1S/C24H29N3O6/c1-26(2)11-6-12-27-21(16-13-18(32-4)19(33-5)14-17(16)31-3)20(23(29)24(27)30)22(28)15-7-9-25-10-8-15/h7-10,13-14,21,28H,6,11-12H2,1-5H3/b22-20+/t21-/m0/s1. The van der Waals surface area contributed by atoms with Crippen molar-refractivity contribution in [3.8, 4) is 17.2 Å². The van der Waals surface area contributed by atoms with Crippen LogP contribution in [0.4, 0.5) is 0 Å². The molecule has 1 aliphatic heterocycles. The third kappa shape index (κ3) is 4.78. The van der Waals surface area contributed by atoms with Crippen molar-refractivity contribution in [3.05, 3.63) is 53.4 Å². The van der Waals surface area contributed by atoms with Crippen LogP contribution < -0.4 is 14.2 Å². The smallest absolute Gasteiger partial charge is 0.295 e. The number of aromatic nitrogens is 1. The third-order valence-corrected chi connectivity index (χ3v) is 5.53. The topological polar surface area (TPSA) is 101 Å². The Kier molecular flexibility index (Phi) is 7.55. The second kappa shape index (κ2) is 10.4. The Bertz CT molecular complexity index is 1050. The van der Waals surface area contributed by atoms with Gasteiger partial charge in [-0.25, -0.2) is 0 Å². The molecule has 0 saturated carbocycles. The largest absolute Gasteiger partial charge is 0.507 e. The van der Waals surface area contributed by atoms with Gasteiger partial charge in [-0.3, -0.25) is 14.6 Å². The zero-order chi connectivity index (χ0) is 24.1. The molecule has 1 N–H and O–H groups in total. The molecule has 3 rings (SSSR count). The fraction of sp³-hybridized carbons (Fsp3) is 0.375. The van der Waals surface area contributed by atoms with Gasteiger partial charge in [-0.15, -0.1) is 0 Å². The molecule has 1 saturated heterocycles. The number of likely N-dealkylation sites (tertiary alicyclic amines) is 1. The minimum absolute atomic E-state index is 0.0124. The van der Waals surface area contributed by atoms with Gasteiger partial charge in [-0.2, -0.15) is 0 Å². The Morgan fingerprint density at radius 1 is 1.03 bits per heavy atom. The number of hydrogen-bond acceptors (Lipinski definition) is 8. The van der Waals surface area contributed by atoms with Crippen LogP contribution in [0.15, 0.2) is 42.2 Å². The zero-order valence-corrected chi connectivity index (χ0v) is 19.5. The third-order valence-electron chi connectivity index (χ3n) is 5.53. The summed E-state index contributed by atoms with van der Waals surface area (Å²) in [5.41, 5.74) is 0.886. The molecule has 0 spiro atoms. The Balaban J connectivity index is 2.22. The molecular formula is C24H29N3O6. The minimum atomic E-state index is -0.866. The molecule has 33 heavy (non-hydrogen) atoms. The Morgan fingerprint density at radius 2 is 1.64 bits per heavy atom. The SMILES string of the molecule is COc1cc(OC)c([C@H]2/C(=C(\O)c3ccncc3)C(=O)C(=O)N2CCCN(C)C)cc1OC. The van der Waals surface area contributed by atoms with E-state index in [0.29, 0.717) is 41.3 Å². The van der Waals surface area contributed by atoms with Crippen molar-refractivity contribution < 1.29 is 28.9 Å². The van der Waals surface area contributed by atoms with Crippen molar-refractivity contribution in [2.45, 2.75) is 12.5 Å². The van der Waals surface area contributed by atoms with E-state index in [2.05, 4.69) is 4.98 Å². The number of aliphatic hydroxyl groups is 1. The highest BCUT2D eigenvalue weighted by Crippen LogP contribution is 2.46. The molecule has 1 aliphatic rings. The van der Waals surface area contributed by atoms with Crippen molar-refractivity contribution in [2.24, 2.45) is 0 Å². The Labute approximate surface area is 193 Å². The number of pyridine rings is 1. The van der Waals surface area contributed by atoms with Gasteiger partial charge in [0.05, 0.1) is 32.9 Å². The summed E-state index contributed by atoms with van der Waals surface area (Å²) < 4.78 is 16.4. The summed E-state index contributed by atoms with van der Waals surface area (Å²) in [6.07, 6.45) is 3.66. The number of methoxy groups -OCH3 is 3. The molecule has 2 aromatic rings. The summed E-state index contributed by atoms with van der Waals surface area (Å²) in [6, 6.07) is 5.61. The first-order valence-corrected chi connectivity index (χ1v) is 10.5. The highest BCUT2D eigenvalue weighted by atomic mass is 16.5. The van der Waals surface area contributed by atoms with Gasteiger partial charge in [0.15, 0.2) is 11.5 Å². The number of Topliss-reactive ketones (excluding diaryl/α,β-unsaturated/α-hetero) is 1. The lowest BCUT2D eigenvalue weighted by Gasteiger charge is -2.27. The second-order valence-corrected chi connectivity index (χ2v) is 7.83. The fourth-order valence-corrected chi connectivity index (χ4v) is 3.92. The van der Waals surface area contributed by atoms with E-state index in [9.17, 15) is 14.7 Å². The molecule has 0 aliphatic carbocycles. The van der Waals surface area contributed by atoms with Gasteiger partial charge < -0.3 is 29.1 Å². The molecule has 9 nitrogen and oxygen atoms in total. The number of amides is 1. The Morgan fingerprint density at radius 3 is 2.21 bits per heavy atom. The van der Waals surface area contributed by atoms with Crippen molar-refractivity contribution >= 4 is 17.4 Å². The fourth-order valence-electron chi connectivity index (χ4n) is 3.92. The monoisotopic (exact) mass is 455 g/mol. The normalized spacial score (nSPS) is 17.5. The van der Waals surface area contributed by atoms with Crippen LogP contribution in [-0.2, 0) is 9.59 Å². The van der Waals surface area contributed by atoms with Gasteiger partial charge >= 0.3 is 0 Å². The summed E-state index contributed by atoms with van der Waals surface area (Å²) in [6.45, 7) is 1.04. The van der Waals surface area contributed by atoms with E-state index in [1.165, 1.54) is 38.6 Å². The van der Waals surface area contributed by atoms with E-state index in [4.69, 9.17) is 14.2 Å². The van der Waals surface area contributed by atoms with Gasteiger partial charge in [0.1, 0.15) is 11.5 Å². The lowest BCUT2D eigenvalue weighted by Crippen LogP contribution is -2.32. The summed E-state index contributed by atoms with van der Waals surface area (Å²) in [7, 11) is 8.37. The average molecular weight is 456 g/mol. The van der Waals surface area contributed by atoms with Crippen molar-refractivity contribution in [1.82, 2.24) is 14.8 Å². The number of carbonyl (C=O) groups is 2. The number of ketones is 1. The molecule has 0 unspecified atom stereocenters. The molecule has 0 radical (unpaired) electrons. The van der Waals surface area contributed by atoms with Crippen molar-refractivity contribution in [2.75, 3.05) is 48.5 Å². The van der Waals surface area contributed by atoms with E-state index in [1.54, 1.807) is 24.3 Å². The van der Waals surface area contributed by atoms with E-state index in [1.807, 2.05) is 19.0 Å². The molecular weight excluding hydrogens is 426 g/mol. The van der Waals surface area contributed by atoms with E-state index >= 15 is 0 Å². The number of carbonyl (C=O) groups excluding carboxylic acids is 2. The molecule has 1 aromatic heterocycles. The maximum Gasteiger partial charge on any atom is 0.295 e. The first-order chi connectivity index (χ1) is 15.8. The van der Waals surface area contributed by atoms with Crippen molar-refractivity contribution in [1.29, 1.82) is 0 Å². The molecule has 2 heterocycles. The molecule has 1 atom stereocenters. The van der Waals surface area contributed by atoms with Crippen LogP contribution >= 0.6 is 0 Å². The predicted octanol–water partition coefficient (Wildman–Crippen LogP) is 2.48. The first-order valence-electron chi connectivity index (χ1n) is 10.5. The number of hydrogen-bond donors (Lipinski definition) is 1. The zero-order valence-electron chi connectivity index (χ0n) is 19.5. The van der Waals surface area contributed by atoms with Crippen LogP contribution in [0, 0.1) is 0 Å². The van der Waals surface area contributed by atoms with Crippen LogP contribution in [-0.4, -0.2) is 80.1 Å². The minimum Gasteiger partial charge on any atom is -0.507 e. The van der Waals surface area contributed by atoms with Crippen molar-refractivity contribution in [3.63, 3.8) is 0 Å². The molecule has 1 fully saturated rings. The van der Waals surface area contributed by atoms with Crippen LogP contribution in [0.25, 0.3) is 5.76 Å². The average Bonchev–Trinajstić information content (AvgIpc) is 3.07. The van der Waals surface area contributed by atoms with Gasteiger partial charge in [-0.1, -0.05) is 0 Å². The van der Waals surface area contributed by atoms with Crippen LogP contribution in [0.3, 0.4) is 0 Å². The molecule has 1 aromatic carbocycles. The number of aliphatic hydroxyl groups excluding tert-OH is 1. The van der Waals surface area contributed by atoms with Gasteiger partial charge in [0.2, 0.25) is 0 Å². The maximum atomic E-state index is 13.2. The highest BCUT2D eigenvalue weighted by molar-refractivity contribution is 6.46. The summed E-state index contributed by atoms with van der Waals surface area (Å²) in [4.78, 5) is 33.7. The Hall–Kier alpha value is -3.59. The lowest BCUT2D eigenvalue weighted by molar-refractivity contribution is -0.140. The summed E-state index contributed by atoms with van der Waals surface area (Å²) in [5.74, 6) is -0.444. The predicted molar refractivity (Wildman–Crippen MR) is 123 cm³/mol. The number of rotatable bonds is 9. The molecule has 176 valence electrons. The quantitative estimate of drug-likeness (QED) is 0.350. The number of nitrogens with zero attached hydrogens (tertiary/aromatic N) is 3. The lowest BCUT2D eigenvalue weighted by atomic mass is 9.94. The van der Waals surface area contributed by atoms with Gasteiger partial charge in [0.25, 0.3) is 11.7 Å². The van der Waals surface area contributed by atoms with Gasteiger partial charge in [0, 0.05) is 36.1 Å². The second-order valence-electron chi connectivity index (χ2n) is 7.83. The first kappa shape index (κ1) is 24.1. The molecule has 1 amide bonds. The summed E-state index contributed by atoms with van der Waals surface area (Å²) in [5, 5.41) is 11.1. The van der Waals surface area contributed by atoms with Crippen LogP contribution in [0.2, 0.25) is 0 Å². The molecule has 0 bridgehead atoms. The van der Waals surface area contributed by atoms with E-state index < -0.39 is 17.7 Å². The summed E-state index contributed by atoms with van der Waals surface area (Å²) >= 11 is 0. The molecule has 9 heteroatoms. The van der Waals surface area contributed by atoms with Gasteiger partial charge in [-0.05, 0) is 45.3 Å².